The molecule has 0 aliphatic rings. The number of carbonyl (C=O) groups excluding carboxylic acids is 2. The molecule has 92 valence electrons. The summed E-state index contributed by atoms with van der Waals surface area (Å²) < 4.78 is 4.50. The van der Waals surface area contributed by atoms with E-state index >= 15 is 0 Å². The first-order chi connectivity index (χ1) is 8.08. The van der Waals surface area contributed by atoms with Crippen molar-refractivity contribution in [3.8, 4) is 0 Å². The fourth-order valence-electron chi connectivity index (χ4n) is 1.15. The summed E-state index contributed by atoms with van der Waals surface area (Å²) in [6.07, 6.45) is 2.63. The van der Waals surface area contributed by atoms with Gasteiger partial charge in [-0.2, -0.15) is 0 Å². The second-order valence-corrected chi connectivity index (χ2v) is 3.51. The van der Waals surface area contributed by atoms with Crippen molar-refractivity contribution in [1.82, 2.24) is 14.9 Å². The van der Waals surface area contributed by atoms with Gasteiger partial charge in [-0.05, 0) is 6.92 Å². The molecule has 0 radical (unpaired) electrons. The van der Waals surface area contributed by atoms with Crippen LogP contribution in [0, 0.1) is 0 Å². The van der Waals surface area contributed by atoms with E-state index < -0.39 is 11.9 Å². The van der Waals surface area contributed by atoms with Gasteiger partial charge >= 0.3 is 5.97 Å². The SMILES string of the molecule is CCN(CC(=O)OC)C(=O)c1cncc(Cl)n1. The molecule has 7 heteroatoms. The standard InChI is InChI=1S/C10H12ClN3O3/c1-3-14(6-9(15)17-2)10(16)7-4-12-5-8(11)13-7/h4-5H,3,6H2,1-2H3. The summed E-state index contributed by atoms with van der Waals surface area (Å²) in [6, 6.07) is 0. The van der Waals surface area contributed by atoms with E-state index in [2.05, 4.69) is 14.7 Å². The van der Waals surface area contributed by atoms with Crippen molar-refractivity contribution in [2.45, 2.75) is 6.92 Å². The van der Waals surface area contributed by atoms with Crippen molar-refractivity contribution < 1.29 is 14.3 Å². The van der Waals surface area contributed by atoms with E-state index in [4.69, 9.17) is 11.6 Å². The number of ether oxygens (including phenoxy) is 1. The van der Waals surface area contributed by atoms with Crippen LogP contribution in [0.15, 0.2) is 12.4 Å². The molecule has 0 aromatic carbocycles. The zero-order valence-electron chi connectivity index (χ0n) is 9.51. The van der Waals surface area contributed by atoms with E-state index in [0.717, 1.165) is 0 Å². The first kappa shape index (κ1) is 13.4. The Morgan fingerprint density at radius 2 is 2.18 bits per heavy atom. The number of nitrogens with zero attached hydrogens (tertiary/aromatic N) is 3. The molecule has 0 saturated heterocycles. The van der Waals surface area contributed by atoms with Gasteiger partial charge in [0.1, 0.15) is 17.4 Å². The van der Waals surface area contributed by atoms with Crippen LogP contribution in [0.2, 0.25) is 5.15 Å². The minimum Gasteiger partial charge on any atom is -0.468 e. The Morgan fingerprint density at radius 3 is 2.71 bits per heavy atom. The van der Waals surface area contributed by atoms with Crippen LogP contribution in [0.4, 0.5) is 0 Å². The Balaban J connectivity index is 2.82. The van der Waals surface area contributed by atoms with Crippen LogP contribution in [-0.4, -0.2) is 46.9 Å². The summed E-state index contributed by atoms with van der Waals surface area (Å²) in [7, 11) is 1.26. The molecule has 1 aromatic rings. The van der Waals surface area contributed by atoms with E-state index in [1.54, 1.807) is 6.92 Å². The van der Waals surface area contributed by atoms with E-state index in [-0.39, 0.29) is 17.4 Å². The van der Waals surface area contributed by atoms with Crippen molar-refractivity contribution >= 4 is 23.5 Å². The third-order valence-corrected chi connectivity index (χ3v) is 2.22. The highest BCUT2D eigenvalue weighted by atomic mass is 35.5. The molecule has 1 aromatic heterocycles. The van der Waals surface area contributed by atoms with Gasteiger partial charge in [-0.1, -0.05) is 11.6 Å². The van der Waals surface area contributed by atoms with Crippen molar-refractivity contribution in [3.05, 3.63) is 23.2 Å². The van der Waals surface area contributed by atoms with Crippen molar-refractivity contribution in [3.63, 3.8) is 0 Å². The zero-order valence-corrected chi connectivity index (χ0v) is 10.3. The normalized spacial score (nSPS) is 9.82. The number of hydrogen-bond donors (Lipinski definition) is 0. The average molecular weight is 258 g/mol. The minimum atomic E-state index is -0.491. The van der Waals surface area contributed by atoms with Gasteiger partial charge < -0.3 is 9.64 Å². The molecule has 0 spiro atoms. The van der Waals surface area contributed by atoms with E-state index in [1.807, 2.05) is 0 Å². The van der Waals surface area contributed by atoms with Crippen molar-refractivity contribution in [2.24, 2.45) is 0 Å². The molecule has 0 aliphatic carbocycles. The number of esters is 1. The number of aromatic nitrogens is 2. The molecule has 0 atom stereocenters. The minimum absolute atomic E-state index is 0.100. The van der Waals surface area contributed by atoms with Gasteiger partial charge in [-0.25, -0.2) is 4.98 Å². The lowest BCUT2D eigenvalue weighted by molar-refractivity contribution is -0.141. The molecular weight excluding hydrogens is 246 g/mol. The number of halogens is 1. The van der Waals surface area contributed by atoms with Crippen LogP contribution < -0.4 is 0 Å². The van der Waals surface area contributed by atoms with Gasteiger partial charge in [-0.3, -0.25) is 14.6 Å². The molecule has 0 unspecified atom stereocenters. The summed E-state index contributed by atoms with van der Waals surface area (Å²) in [6.45, 7) is 1.99. The van der Waals surface area contributed by atoms with Crippen LogP contribution in [-0.2, 0) is 9.53 Å². The van der Waals surface area contributed by atoms with Gasteiger partial charge in [0.15, 0.2) is 0 Å². The smallest absolute Gasteiger partial charge is 0.325 e. The Kier molecular flexibility index (Phi) is 4.84. The zero-order chi connectivity index (χ0) is 12.8. The van der Waals surface area contributed by atoms with Gasteiger partial charge in [0.25, 0.3) is 5.91 Å². The Morgan fingerprint density at radius 1 is 1.47 bits per heavy atom. The summed E-state index contributed by atoms with van der Waals surface area (Å²) in [5.74, 6) is -0.900. The average Bonchev–Trinajstić information content (AvgIpc) is 2.34. The van der Waals surface area contributed by atoms with Gasteiger partial charge in [-0.15, -0.1) is 0 Å². The number of likely N-dealkylation sites (N-methyl/N-ethyl adjacent to an activating group) is 1. The van der Waals surface area contributed by atoms with Crippen LogP contribution >= 0.6 is 11.6 Å². The van der Waals surface area contributed by atoms with E-state index in [0.29, 0.717) is 6.54 Å². The largest absolute Gasteiger partial charge is 0.468 e. The van der Waals surface area contributed by atoms with Gasteiger partial charge in [0.2, 0.25) is 0 Å². The number of amides is 1. The highest BCUT2D eigenvalue weighted by Crippen LogP contribution is 2.05. The second kappa shape index (κ2) is 6.15. The highest BCUT2D eigenvalue weighted by Gasteiger charge is 2.19. The van der Waals surface area contributed by atoms with Crippen molar-refractivity contribution in [1.29, 1.82) is 0 Å². The Hall–Kier alpha value is -1.69. The second-order valence-electron chi connectivity index (χ2n) is 3.12. The van der Waals surface area contributed by atoms with Gasteiger partial charge in [0.05, 0.1) is 19.5 Å². The Labute approximate surface area is 104 Å². The van der Waals surface area contributed by atoms with Gasteiger partial charge in [0, 0.05) is 6.54 Å². The molecule has 1 rings (SSSR count). The number of hydrogen-bond acceptors (Lipinski definition) is 5. The maximum atomic E-state index is 11.9. The quantitative estimate of drug-likeness (QED) is 0.745. The summed E-state index contributed by atoms with van der Waals surface area (Å²) in [5, 5.41) is 0.130. The maximum Gasteiger partial charge on any atom is 0.325 e. The number of rotatable bonds is 4. The Bertz CT molecular complexity index is 425. The third-order valence-electron chi connectivity index (χ3n) is 2.04. The third kappa shape index (κ3) is 3.67. The monoisotopic (exact) mass is 257 g/mol. The lowest BCUT2D eigenvalue weighted by atomic mass is 10.3. The van der Waals surface area contributed by atoms with Crippen LogP contribution in [0.5, 0.6) is 0 Å². The molecule has 0 bridgehead atoms. The number of methoxy groups -OCH3 is 1. The van der Waals surface area contributed by atoms with Crippen LogP contribution in [0.1, 0.15) is 17.4 Å². The lowest BCUT2D eigenvalue weighted by Crippen LogP contribution is -2.36. The van der Waals surface area contributed by atoms with Crippen LogP contribution in [0.3, 0.4) is 0 Å². The molecule has 1 amide bonds. The lowest BCUT2D eigenvalue weighted by Gasteiger charge is -2.18. The molecule has 1 heterocycles. The fraction of sp³-hybridized carbons (Fsp3) is 0.400. The first-order valence-electron chi connectivity index (χ1n) is 4.92. The van der Waals surface area contributed by atoms with Crippen LogP contribution in [0.25, 0.3) is 0 Å². The van der Waals surface area contributed by atoms with E-state index in [9.17, 15) is 9.59 Å². The molecule has 17 heavy (non-hydrogen) atoms. The summed E-state index contributed by atoms with van der Waals surface area (Å²) in [4.78, 5) is 31.9. The fourth-order valence-corrected chi connectivity index (χ4v) is 1.30. The maximum absolute atomic E-state index is 11.9. The predicted molar refractivity (Wildman–Crippen MR) is 60.6 cm³/mol. The molecule has 0 aliphatic heterocycles. The molecule has 0 N–H and O–H groups in total. The topological polar surface area (TPSA) is 72.4 Å². The van der Waals surface area contributed by atoms with Crippen molar-refractivity contribution in [2.75, 3.05) is 20.2 Å². The number of carbonyl (C=O) groups is 2. The highest BCUT2D eigenvalue weighted by molar-refractivity contribution is 6.29. The first-order valence-corrected chi connectivity index (χ1v) is 5.30. The molecular formula is C10H12ClN3O3. The molecule has 0 saturated carbocycles. The molecule has 6 nitrogen and oxygen atoms in total. The summed E-state index contributed by atoms with van der Waals surface area (Å²) in [5.41, 5.74) is 0.100. The van der Waals surface area contributed by atoms with E-state index in [1.165, 1.54) is 24.4 Å². The summed E-state index contributed by atoms with van der Waals surface area (Å²) >= 11 is 5.63. The molecule has 0 fully saturated rings. The predicted octanol–water partition coefficient (Wildman–Crippen LogP) is 0.765.